The molecule has 0 radical (unpaired) electrons. The van der Waals surface area contributed by atoms with Gasteiger partial charge in [0, 0.05) is 31.9 Å². The highest BCUT2D eigenvalue weighted by atomic mass is 16.6. The highest BCUT2D eigenvalue weighted by Crippen LogP contribution is 2.21. The minimum absolute atomic E-state index is 0.255. The van der Waals surface area contributed by atoms with Crippen molar-refractivity contribution in [3.63, 3.8) is 0 Å². The number of H-pyrrole nitrogens is 1. The summed E-state index contributed by atoms with van der Waals surface area (Å²) in [6.07, 6.45) is -0.255. The van der Waals surface area contributed by atoms with E-state index in [4.69, 9.17) is 10.5 Å². The van der Waals surface area contributed by atoms with E-state index in [9.17, 15) is 4.79 Å². The molecule has 1 amide bonds. The van der Waals surface area contributed by atoms with Crippen LogP contribution in [0.15, 0.2) is 18.2 Å². The summed E-state index contributed by atoms with van der Waals surface area (Å²) in [6.45, 7) is 8.30. The minimum Gasteiger partial charge on any atom is -0.444 e. The van der Waals surface area contributed by atoms with Crippen molar-refractivity contribution in [3.8, 4) is 0 Å². The number of aromatic nitrogens is 2. The molecule has 1 saturated heterocycles. The molecule has 3 rings (SSSR count). The van der Waals surface area contributed by atoms with E-state index < -0.39 is 5.60 Å². The number of fused-ring (bicyclic) bond motifs is 1. The molecule has 1 aliphatic heterocycles. The topological polar surface area (TPSA) is 87.5 Å². The molecule has 1 aromatic heterocycles. The van der Waals surface area contributed by atoms with Crippen molar-refractivity contribution in [2.45, 2.75) is 26.4 Å². The van der Waals surface area contributed by atoms with Crippen molar-refractivity contribution < 1.29 is 9.53 Å². The van der Waals surface area contributed by atoms with E-state index >= 15 is 0 Å². The maximum Gasteiger partial charge on any atom is 0.410 e. The molecule has 1 aromatic carbocycles. The zero-order valence-corrected chi connectivity index (χ0v) is 13.8. The number of rotatable bonds is 1. The van der Waals surface area contributed by atoms with Gasteiger partial charge in [0.1, 0.15) is 5.60 Å². The van der Waals surface area contributed by atoms with Gasteiger partial charge in [0.25, 0.3) is 0 Å². The second-order valence-electron chi connectivity index (χ2n) is 6.79. The number of amides is 1. The third-order valence-corrected chi connectivity index (χ3v) is 3.73. The van der Waals surface area contributed by atoms with Crippen LogP contribution in [0.4, 0.5) is 16.4 Å². The molecule has 1 aliphatic rings. The van der Waals surface area contributed by atoms with Crippen LogP contribution >= 0.6 is 0 Å². The number of nitrogen functional groups attached to an aromatic ring is 1. The number of anilines is 2. The van der Waals surface area contributed by atoms with Crippen molar-refractivity contribution in [1.82, 2.24) is 14.9 Å². The van der Waals surface area contributed by atoms with E-state index in [1.165, 1.54) is 0 Å². The van der Waals surface area contributed by atoms with Gasteiger partial charge in [-0.15, -0.1) is 0 Å². The number of imidazole rings is 1. The zero-order chi connectivity index (χ0) is 16.6. The first-order valence-electron chi connectivity index (χ1n) is 7.80. The third-order valence-electron chi connectivity index (χ3n) is 3.73. The average molecular weight is 317 g/mol. The van der Waals surface area contributed by atoms with Crippen LogP contribution in [0.3, 0.4) is 0 Å². The van der Waals surface area contributed by atoms with Gasteiger partial charge in [-0.1, -0.05) is 0 Å². The molecule has 0 atom stereocenters. The molecule has 7 heteroatoms. The predicted octanol–water partition coefficient (Wildman–Crippen LogP) is 2.20. The summed E-state index contributed by atoms with van der Waals surface area (Å²) in [4.78, 5) is 23.8. The summed E-state index contributed by atoms with van der Waals surface area (Å²) in [5.74, 6) is 0.814. The number of ether oxygens (including phenoxy) is 1. The Hall–Kier alpha value is -2.44. The molecular weight excluding hydrogens is 294 g/mol. The average Bonchev–Trinajstić information content (AvgIpc) is 2.88. The molecule has 124 valence electrons. The van der Waals surface area contributed by atoms with Crippen LogP contribution in [-0.4, -0.2) is 52.7 Å². The van der Waals surface area contributed by atoms with Gasteiger partial charge >= 0.3 is 6.09 Å². The zero-order valence-electron chi connectivity index (χ0n) is 13.8. The summed E-state index contributed by atoms with van der Waals surface area (Å²) < 4.78 is 5.41. The Morgan fingerprint density at radius 2 is 1.96 bits per heavy atom. The minimum atomic E-state index is -0.465. The van der Waals surface area contributed by atoms with Crippen LogP contribution in [0.5, 0.6) is 0 Å². The maximum atomic E-state index is 12.1. The van der Waals surface area contributed by atoms with Gasteiger partial charge in [-0.05, 0) is 39.0 Å². The number of benzene rings is 1. The van der Waals surface area contributed by atoms with E-state index in [2.05, 4.69) is 14.9 Å². The summed E-state index contributed by atoms with van der Waals surface area (Å²) in [6, 6.07) is 5.63. The lowest BCUT2D eigenvalue weighted by Crippen LogP contribution is -2.50. The van der Waals surface area contributed by atoms with Crippen LogP contribution in [0.25, 0.3) is 11.0 Å². The molecule has 0 saturated carbocycles. The normalized spacial score (nSPS) is 16.0. The number of carbonyl (C=O) groups excluding carboxylic acids is 1. The third kappa shape index (κ3) is 3.49. The van der Waals surface area contributed by atoms with Crippen LogP contribution in [0.1, 0.15) is 20.8 Å². The lowest BCUT2D eigenvalue weighted by atomic mass is 10.2. The lowest BCUT2D eigenvalue weighted by Gasteiger charge is -2.35. The summed E-state index contributed by atoms with van der Waals surface area (Å²) in [7, 11) is 0. The first-order chi connectivity index (χ1) is 10.8. The van der Waals surface area contributed by atoms with E-state index in [0.717, 1.165) is 17.0 Å². The Morgan fingerprint density at radius 1 is 1.26 bits per heavy atom. The fraction of sp³-hybridized carbons (Fsp3) is 0.500. The van der Waals surface area contributed by atoms with Crippen LogP contribution in [-0.2, 0) is 4.74 Å². The monoisotopic (exact) mass is 317 g/mol. The molecule has 1 fully saturated rings. The lowest BCUT2D eigenvalue weighted by molar-refractivity contribution is 0.0240. The van der Waals surface area contributed by atoms with E-state index in [1.807, 2.05) is 39.0 Å². The first kappa shape index (κ1) is 15.5. The van der Waals surface area contributed by atoms with Crippen molar-refractivity contribution >= 4 is 28.8 Å². The molecule has 0 unspecified atom stereocenters. The molecule has 7 nitrogen and oxygen atoms in total. The van der Waals surface area contributed by atoms with E-state index in [1.54, 1.807) is 4.90 Å². The SMILES string of the molecule is CC(C)(C)OC(=O)N1CCN(c2nc3cc(N)ccc3[nH]2)CC1. The number of hydrogen-bond acceptors (Lipinski definition) is 5. The molecule has 0 bridgehead atoms. The fourth-order valence-electron chi connectivity index (χ4n) is 2.59. The number of nitrogens with two attached hydrogens (primary N) is 1. The van der Waals surface area contributed by atoms with Gasteiger partial charge in [0.05, 0.1) is 11.0 Å². The molecule has 0 spiro atoms. The molecule has 2 heterocycles. The Bertz CT molecular complexity index is 711. The van der Waals surface area contributed by atoms with Crippen LogP contribution in [0, 0.1) is 0 Å². The molecule has 0 aliphatic carbocycles. The summed E-state index contributed by atoms with van der Waals surface area (Å²) >= 11 is 0. The van der Waals surface area contributed by atoms with Crippen molar-refractivity contribution in [3.05, 3.63) is 18.2 Å². The van der Waals surface area contributed by atoms with Crippen LogP contribution < -0.4 is 10.6 Å². The first-order valence-corrected chi connectivity index (χ1v) is 7.80. The van der Waals surface area contributed by atoms with Crippen molar-refractivity contribution in [2.75, 3.05) is 36.8 Å². The van der Waals surface area contributed by atoms with Crippen molar-refractivity contribution in [1.29, 1.82) is 0 Å². The largest absolute Gasteiger partial charge is 0.444 e. The van der Waals surface area contributed by atoms with Gasteiger partial charge in [0.15, 0.2) is 0 Å². The second-order valence-corrected chi connectivity index (χ2v) is 6.79. The number of nitrogens with one attached hydrogen (secondary N) is 1. The standard InChI is InChI=1S/C16H23N5O2/c1-16(2,3)23-15(22)21-8-6-20(7-9-21)14-18-12-5-4-11(17)10-13(12)19-14/h4-5,10H,6-9,17H2,1-3H3,(H,18,19). The summed E-state index contributed by atoms with van der Waals surface area (Å²) in [5.41, 5.74) is 7.84. The quantitative estimate of drug-likeness (QED) is 0.787. The van der Waals surface area contributed by atoms with Gasteiger partial charge < -0.3 is 25.3 Å². The molecule has 3 N–H and O–H groups in total. The Kier molecular flexibility index (Phi) is 3.79. The highest BCUT2D eigenvalue weighted by molar-refractivity contribution is 5.81. The summed E-state index contributed by atoms with van der Waals surface area (Å²) in [5, 5.41) is 0. The number of piperazine rings is 1. The van der Waals surface area contributed by atoms with Gasteiger partial charge in [-0.25, -0.2) is 9.78 Å². The fourth-order valence-corrected chi connectivity index (χ4v) is 2.59. The second kappa shape index (κ2) is 5.64. The molecule has 23 heavy (non-hydrogen) atoms. The van der Waals surface area contributed by atoms with Crippen LogP contribution in [0.2, 0.25) is 0 Å². The molecule has 2 aromatic rings. The van der Waals surface area contributed by atoms with Gasteiger partial charge in [-0.2, -0.15) is 0 Å². The van der Waals surface area contributed by atoms with Crippen molar-refractivity contribution in [2.24, 2.45) is 0 Å². The highest BCUT2D eigenvalue weighted by Gasteiger charge is 2.26. The number of hydrogen-bond donors (Lipinski definition) is 2. The van der Waals surface area contributed by atoms with Gasteiger partial charge in [-0.3, -0.25) is 0 Å². The molecular formula is C16H23N5O2. The predicted molar refractivity (Wildman–Crippen MR) is 90.5 cm³/mol. The maximum absolute atomic E-state index is 12.1. The number of aromatic amines is 1. The Labute approximate surface area is 135 Å². The Morgan fingerprint density at radius 3 is 2.61 bits per heavy atom. The smallest absolute Gasteiger partial charge is 0.410 e. The van der Waals surface area contributed by atoms with Gasteiger partial charge in [0.2, 0.25) is 5.95 Å². The number of nitrogens with zero attached hydrogens (tertiary/aromatic N) is 3. The Balaban J connectivity index is 1.65. The van der Waals surface area contributed by atoms with E-state index in [0.29, 0.717) is 31.9 Å². The van der Waals surface area contributed by atoms with E-state index in [-0.39, 0.29) is 6.09 Å². The number of carbonyl (C=O) groups is 1.